The number of hydrogen-bond acceptors (Lipinski definition) is 7. The largest absolute Gasteiger partial charge is 0.381 e. The van der Waals surface area contributed by atoms with Crippen LogP contribution in [0, 0.1) is 5.41 Å². The number of rotatable bonds is 5. The lowest BCUT2D eigenvalue weighted by molar-refractivity contribution is -0.000509. The van der Waals surface area contributed by atoms with Gasteiger partial charge in [-0.25, -0.2) is 9.97 Å². The van der Waals surface area contributed by atoms with E-state index in [-0.39, 0.29) is 17.2 Å². The van der Waals surface area contributed by atoms with E-state index < -0.39 is 0 Å². The van der Waals surface area contributed by atoms with Crippen LogP contribution in [-0.2, 0) is 11.2 Å². The number of halogens is 1. The molecule has 250 valence electrons. The summed E-state index contributed by atoms with van der Waals surface area (Å²) in [6, 6.07) is 26.7. The van der Waals surface area contributed by atoms with E-state index in [2.05, 4.69) is 32.3 Å². The molecular weight excluding hydrogens is 668 g/mol. The van der Waals surface area contributed by atoms with Gasteiger partial charge in [0.1, 0.15) is 11.6 Å². The summed E-state index contributed by atoms with van der Waals surface area (Å²) in [5.41, 5.74) is 6.68. The molecule has 9 nitrogen and oxygen atoms in total. The Bertz CT molecular complexity index is 2270. The van der Waals surface area contributed by atoms with Crippen molar-refractivity contribution >= 4 is 63.0 Å². The van der Waals surface area contributed by atoms with Gasteiger partial charge in [-0.1, -0.05) is 35.9 Å². The molecule has 6 heterocycles. The maximum Gasteiger partial charge on any atom is 0.259 e. The molecule has 0 saturated carbocycles. The van der Waals surface area contributed by atoms with Crippen molar-refractivity contribution in [1.29, 1.82) is 0 Å². The van der Waals surface area contributed by atoms with E-state index in [0.29, 0.717) is 40.6 Å². The highest BCUT2D eigenvalue weighted by atomic mass is 35.5. The molecule has 2 fully saturated rings. The minimum absolute atomic E-state index is 0.0907. The van der Waals surface area contributed by atoms with Crippen molar-refractivity contribution in [2.24, 2.45) is 5.41 Å². The van der Waals surface area contributed by atoms with E-state index >= 15 is 0 Å². The number of H-pyrrole nitrogens is 1. The third-order valence-electron chi connectivity index (χ3n) is 10.1. The molecule has 0 aliphatic carbocycles. The van der Waals surface area contributed by atoms with E-state index in [1.807, 2.05) is 47.4 Å². The molecule has 3 aromatic carbocycles. The quantitative estimate of drug-likeness (QED) is 0.189. The van der Waals surface area contributed by atoms with Crippen molar-refractivity contribution in [3.63, 3.8) is 0 Å². The second-order valence-corrected chi connectivity index (χ2v) is 14.7. The van der Waals surface area contributed by atoms with Gasteiger partial charge in [-0.05, 0) is 85.5 Å². The molecule has 0 atom stereocenters. The normalized spacial score (nSPS) is 16.4. The summed E-state index contributed by atoms with van der Waals surface area (Å²) < 4.78 is 5.56. The number of thiophene rings is 1. The SMILES string of the molecule is O=C(Nc1ccc(C(=O)N2CCc3cc(-c4nc5cccc(Cl)c5[nH]4)sc3-c3ccccc32)cc1)c1cccnc1N1CC2(CCOCC2)C1. The Morgan fingerprint density at radius 2 is 1.78 bits per heavy atom. The zero-order valence-corrected chi connectivity index (χ0v) is 28.7. The second-order valence-electron chi connectivity index (χ2n) is 13.3. The van der Waals surface area contributed by atoms with Gasteiger partial charge in [-0.15, -0.1) is 11.3 Å². The van der Waals surface area contributed by atoms with E-state index in [4.69, 9.17) is 21.3 Å². The number of aromatic nitrogens is 3. The Hall–Kier alpha value is -5.03. The number of anilines is 3. The number of carbonyl (C=O) groups is 2. The fourth-order valence-corrected chi connectivity index (χ4v) is 8.85. The fraction of sp³-hybridized carbons (Fsp3) is 0.231. The minimum atomic E-state index is -0.224. The molecule has 50 heavy (non-hydrogen) atoms. The Morgan fingerprint density at radius 3 is 2.60 bits per heavy atom. The van der Waals surface area contributed by atoms with Gasteiger partial charge in [0.25, 0.3) is 11.8 Å². The van der Waals surface area contributed by atoms with E-state index in [1.165, 1.54) is 5.56 Å². The molecule has 0 unspecified atom stereocenters. The highest BCUT2D eigenvalue weighted by Crippen LogP contribution is 2.45. The average molecular weight is 701 g/mol. The van der Waals surface area contributed by atoms with Crippen LogP contribution in [0.15, 0.2) is 91.1 Å². The number of hydrogen-bond donors (Lipinski definition) is 2. The maximum absolute atomic E-state index is 14.0. The highest BCUT2D eigenvalue weighted by molar-refractivity contribution is 7.19. The van der Waals surface area contributed by atoms with Gasteiger partial charge in [0.15, 0.2) is 0 Å². The number of amides is 2. The third kappa shape index (κ3) is 5.44. The van der Waals surface area contributed by atoms with Crippen molar-refractivity contribution in [3.05, 3.63) is 113 Å². The molecule has 2 N–H and O–H groups in total. The standard InChI is InChI=1S/C39H33ClN6O3S/c40-29-7-3-8-30-33(29)44-35(43-30)32-21-25-14-18-46(31-9-2-1-5-27(31)34(25)50-32)38(48)24-10-12-26(13-11-24)42-37(47)28-6-4-17-41-36(28)45-22-39(23-45)15-19-49-20-16-39/h1-13,17,21H,14-16,18-20,22-23H2,(H,42,47)(H,43,44). The van der Waals surface area contributed by atoms with Crippen molar-refractivity contribution in [1.82, 2.24) is 15.0 Å². The molecule has 9 rings (SSSR count). The molecular formula is C39H33ClN6O3S. The van der Waals surface area contributed by atoms with E-state index in [9.17, 15) is 9.59 Å². The number of pyridine rings is 1. The lowest BCUT2D eigenvalue weighted by atomic mass is 9.73. The fourth-order valence-electron chi connectivity index (χ4n) is 7.45. The van der Waals surface area contributed by atoms with Crippen LogP contribution in [0.1, 0.15) is 39.1 Å². The monoisotopic (exact) mass is 700 g/mol. The molecule has 2 saturated heterocycles. The summed E-state index contributed by atoms with van der Waals surface area (Å²) >= 11 is 8.08. The van der Waals surface area contributed by atoms with Crippen molar-refractivity contribution < 1.29 is 14.3 Å². The van der Waals surface area contributed by atoms with Gasteiger partial charge in [0.05, 0.1) is 32.2 Å². The van der Waals surface area contributed by atoms with Crippen molar-refractivity contribution in [2.45, 2.75) is 19.3 Å². The first kappa shape index (κ1) is 31.0. The number of ether oxygens (including phenoxy) is 1. The number of nitrogens with one attached hydrogen (secondary N) is 2. The van der Waals surface area contributed by atoms with Crippen LogP contribution >= 0.6 is 22.9 Å². The molecule has 3 aliphatic heterocycles. The maximum atomic E-state index is 14.0. The summed E-state index contributed by atoms with van der Waals surface area (Å²) in [5.74, 6) is 1.17. The van der Waals surface area contributed by atoms with Gasteiger partial charge >= 0.3 is 0 Å². The molecule has 11 heteroatoms. The summed E-state index contributed by atoms with van der Waals surface area (Å²) in [6.07, 6.45) is 4.51. The topological polar surface area (TPSA) is 103 Å². The number of fused-ring (bicyclic) bond motifs is 4. The molecule has 0 radical (unpaired) electrons. The molecule has 0 bridgehead atoms. The summed E-state index contributed by atoms with van der Waals surface area (Å²) in [4.78, 5) is 46.5. The number of nitrogens with zero attached hydrogens (tertiary/aromatic N) is 4. The van der Waals surface area contributed by atoms with Crippen molar-refractivity contribution in [2.75, 3.05) is 48.0 Å². The van der Waals surface area contributed by atoms with Gasteiger partial charge in [0.2, 0.25) is 0 Å². The molecule has 1 spiro atoms. The predicted molar refractivity (Wildman–Crippen MR) is 199 cm³/mol. The van der Waals surface area contributed by atoms with E-state index in [1.54, 1.807) is 47.9 Å². The van der Waals surface area contributed by atoms with Gasteiger partial charge in [-0.2, -0.15) is 0 Å². The van der Waals surface area contributed by atoms with Crippen LogP contribution in [-0.4, -0.2) is 59.6 Å². The van der Waals surface area contributed by atoms with Gasteiger partial charge in [0, 0.05) is 66.2 Å². The highest BCUT2D eigenvalue weighted by Gasteiger charge is 2.45. The second kappa shape index (κ2) is 12.4. The number of benzene rings is 3. The first-order valence-electron chi connectivity index (χ1n) is 16.8. The zero-order valence-electron chi connectivity index (χ0n) is 27.1. The van der Waals surface area contributed by atoms with Crippen LogP contribution in [0.5, 0.6) is 0 Å². The lowest BCUT2D eigenvalue weighted by Crippen LogP contribution is -2.59. The number of para-hydroxylation sites is 2. The molecule has 6 aromatic rings. The first-order chi connectivity index (χ1) is 24.4. The summed E-state index contributed by atoms with van der Waals surface area (Å²) in [5, 5.41) is 3.66. The Kier molecular flexibility index (Phi) is 7.67. The molecule has 3 aliphatic rings. The Labute approximate surface area is 297 Å². The Morgan fingerprint density at radius 1 is 0.960 bits per heavy atom. The van der Waals surface area contributed by atoms with Crippen LogP contribution in [0.25, 0.3) is 32.2 Å². The predicted octanol–water partition coefficient (Wildman–Crippen LogP) is 8.08. The van der Waals surface area contributed by atoms with E-state index in [0.717, 1.165) is 77.0 Å². The summed E-state index contributed by atoms with van der Waals surface area (Å²) in [6.45, 7) is 3.88. The van der Waals surface area contributed by atoms with Gasteiger partial charge < -0.3 is 24.8 Å². The summed E-state index contributed by atoms with van der Waals surface area (Å²) in [7, 11) is 0. The first-order valence-corrected chi connectivity index (χ1v) is 18.0. The average Bonchev–Trinajstić information content (AvgIpc) is 3.74. The number of imidazole rings is 1. The smallest absolute Gasteiger partial charge is 0.259 e. The minimum Gasteiger partial charge on any atom is -0.381 e. The van der Waals surface area contributed by atoms with Crippen LogP contribution in [0.2, 0.25) is 5.02 Å². The molecule has 3 aromatic heterocycles. The molecule has 2 amide bonds. The number of aromatic amines is 1. The Balaban J connectivity index is 0.922. The van der Waals surface area contributed by atoms with Crippen LogP contribution in [0.3, 0.4) is 0 Å². The lowest BCUT2D eigenvalue weighted by Gasteiger charge is -2.53. The van der Waals surface area contributed by atoms with Crippen LogP contribution in [0.4, 0.5) is 17.2 Å². The zero-order chi connectivity index (χ0) is 33.8. The number of carbonyl (C=O) groups excluding carboxylic acids is 2. The van der Waals surface area contributed by atoms with Crippen LogP contribution < -0.4 is 15.1 Å². The van der Waals surface area contributed by atoms with Crippen molar-refractivity contribution in [3.8, 4) is 21.1 Å². The van der Waals surface area contributed by atoms with Gasteiger partial charge in [-0.3, -0.25) is 9.59 Å². The third-order valence-corrected chi connectivity index (χ3v) is 11.7.